The molecule has 3 rings (SSSR count). The Balaban J connectivity index is 1.75. The fourth-order valence-electron chi connectivity index (χ4n) is 2.97. The number of rotatable bonds is 4. The molecular weight excluding hydrogens is 271 g/mol. The Labute approximate surface area is 123 Å². The van der Waals surface area contributed by atoms with Crippen molar-refractivity contribution in [3.8, 4) is 11.4 Å². The molecule has 1 unspecified atom stereocenters. The summed E-state index contributed by atoms with van der Waals surface area (Å²) in [4.78, 5) is 4.29. The summed E-state index contributed by atoms with van der Waals surface area (Å²) in [7, 11) is 0. The summed E-state index contributed by atoms with van der Waals surface area (Å²) in [6, 6.07) is 4.50. The lowest BCUT2D eigenvalue weighted by Gasteiger charge is -2.14. The molecular formula is C16H19FN2O2. The molecule has 0 bridgehead atoms. The van der Waals surface area contributed by atoms with Gasteiger partial charge in [-0.2, -0.15) is 4.98 Å². The molecule has 5 heteroatoms. The second-order valence-electron chi connectivity index (χ2n) is 5.79. The van der Waals surface area contributed by atoms with Crippen LogP contribution in [0.4, 0.5) is 4.39 Å². The van der Waals surface area contributed by atoms with Gasteiger partial charge in [0.15, 0.2) is 0 Å². The Morgan fingerprint density at radius 1 is 1.38 bits per heavy atom. The number of aliphatic hydroxyl groups is 1. The number of halogens is 1. The summed E-state index contributed by atoms with van der Waals surface area (Å²) < 4.78 is 18.5. The van der Waals surface area contributed by atoms with Crippen molar-refractivity contribution in [1.29, 1.82) is 0 Å². The summed E-state index contributed by atoms with van der Waals surface area (Å²) >= 11 is 0. The zero-order valence-electron chi connectivity index (χ0n) is 12.1. The number of hydrogen-bond acceptors (Lipinski definition) is 4. The fraction of sp³-hybridized carbons (Fsp3) is 0.500. The van der Waals surface area contributed by atoms with Crippen molar-refractivity contribution in [3.63, 3.8) is 0 Å². The van der Waals surface area contributed by atoms with Crippen LogP contribution in [0.15, 0.2) is 22.7 Å². The first-order chi connectivity index (χ1) is 10.1. The molecule has 1 aromatic carbocycles. The monoisotopic (exact) mass is 290 g/mol. The van der Waals surface area contributed by atoms with E-state index in [0.29, 0.717) is 29.6 Å². The van der Waals surface area contributed by atoms with Gasteiger partial charge in [0.1, 0.15) is 5.82 Å². The molecule has 4 nitrogen and oxygen atoms in total. The highest BCUT2D eigenvalue weighted by molar-refractivity contribution is 5.59. The van der Waals surface area contributed by atoms with E-state index in [-0.39, 0.29) is 5.82 Å². The van der Waals surface area contributed by atoms with Crippen molar-refractivity contribution in [3.05, 3.63) is 35.5 Å². The van der Waals surface area contributed by atoms with E-state index in [1.165, 1.54) is 25.0 Å². The zero-order chi connectivity index (χ0) is 14.8. The van der Waals surface area contributed by atoms with E-state index in [1.54, 1.807) is 6.07 Å². The largest absolute Gasteiger partial charge is 0.392 e. The molecule has 0 amide bonds. The van der Waals surface area contributed by atoms with Crippen LogP contribution in [0.25, 0.3) is 11.4 Å². The van der Waals surface area contributed by atoms with Gasteiger partial charge in [-0.25, -0.2) is 4.39 Å². The topological polar surface area (TPSA) is 59.2 Å². The van der Waals surface area contributed by atoms with Gasteiger partial charge in [0.05, 0.1) is 12.5 Å². The molecule has 1 saturated carbocycles. The Bertz CT molecular complexity index is 620. The molecule has 112 valence electrons. The number of aromatic nitrogens is 2. The van der Waals surface area contributed by atoms with E-state index in [0.717, 1.165) is 18.4 Å². The summed E-state index contributed by atoms with van der Waals surface area (Å²) in [5.74, 6) is 0.790. The van der Waals surface area contributed by atoms with Crippen molar-refractivity contribution >= 4 is 0 Å². The van der Waals surface area contributed by atoms with Crippen molar-refractivity contribution < 1.29 is 14.0 Å². The molecule has 1 aliphatic rings. The van der Waals surface area contributed by atoms with Gasteiger partial charge in [-0.15, -0.1) is 0 Å². The van der Waals surface area contributed by atoms with Crippen LogP contribution in [0.5, 0.6) is 0 Å². The lowest BCUT2D eigenvalue weighted by Crippen LogP contribution is -2.20. The molecule has 1 fully saturated rings. The van der Waals surface area contributed by atoms with E-state index >= 15 is 0 Å². The first kappa shape index (κ1) is 14.2. The number of nitrogens with zero attached hydrogens (tertiary/aromatic N) is 2. The van der Waals surface area contributed by atoms with Crippen LogP contribution in [0.1, 0.15) is 37.1 Å². The van der Waals surface area contributed by atoms with Gasteiger partial charge in [0.25, 0.3) is 0 Å². The fourth-order valence-corrected chi connectivity index (χ4v) is 2.97. The van der Waals surface area contributed by atoms with Crippen molar-refractivity contribution in [1.82, 2.24) is 10.1 Å². The first-order valence-corrected chi connectivity index (χ1v) is 7.40. The van der Waals surface area contributed by atoms with Crippen LogP contribution in [0, 0.1) is 18.7 Å². The quantitative estimate of drug-likeness (QED) is 0.938. The van der Waals surface area contributed by atoms with Crippen LogP contribution in [0.3, 0.4) is 0 Å². The molecule has 0 spiro atoms. The Morgan fingerprint density at radius 3 is 2.90 bits per heavy atom. The number of benzene rings is 1. The van der Waals surface area contributed by atoms with Crippen LogP contribution >= 0.6 is 0 Å². The third-order valence-corrected chi connectivity index (χ3v) is 4.24. The van der Waals surface area contributed by atoms with E-state index in [2.05, 4.69) is 10.1 Å². The standard InChI is InChI=1S/C16H19FN2O2/c1-10-6-7-12(17)8-13(10)16-18-15(21-19-16)9-14(20)11-4-2-3-5-11/h6-8,11,14,20H,2-5,9H2,1H3. The summed E-state index contributed by atoms with van der Waals surface area (Å²) in [6.07, 6.45) is 4.41. The molecule has 0 aliphatic heterocycles. The van der Waals surface area contributed by atoms with Gasteiger partial charge in [-0.05, 0) is 43.4 Å². The molecule has 2 aromatic rings. The van der Waals surface area contributed by atoms with Crippen LogP contribution in [-0.4, -0.2) is 21.4 Å². The highest BCUT2D eigenvalue weighted by atomic mass is 19.1. The summed E-state index contributed by atoms with van der Waals surface area (Å²) in [5.41, 5.74) is 1.51. The number of hydrogen-bond donors (Lipinski definition) is 1. The highest BCUT2D eigenvalue weighted by Gasteiger charge is 2.25. The Morgan fingerprint density at radius 2 is 2.14 bits per heavy atom. The van der Waals surface area contributed by atoms with Crippen LogP contribution < -0.4 is 0 Å². The minimum absolute atomic E-state index is 0.326. The average molecular weight is 290 g/mol. The maximum atomic E-state index is 13.3. The van der Waals surface area contributed by atoms with Crippen LogP contribution in [0.2, 0.25) is 0 Å². The number of aliphatic hydroxyl groups excluding tert-OH is 1. The van der Waals surface area contributed by atoms with Gasteiger partial charge < -0.3 is 9.63 Å². The average Bonchev–Trinajstić information content (AvgIpc) is 3.12. The molecule has 0 radical (unpaired) electrons. The second kappa shape index (κ2) is 5.93. The summed E-state index contributed by atoms with van der Waals surface area (Å²) in [5, 5.41) is 14.1. The normalized spacial score (nSPS) is 17.3. The maximum absolute atomic E-state index is 13.3. The molecule has 1 N–H and O–H groups in total. The minimum Gasteiger partial charge on any atom is -0.392 e. The molecule has 1 heterocycles. The summed E-state index contributed by atoms with van der Waals surface area (Å²) in [6.45, 7) is 1.87. The van der Waals surface area contributed by atoms with E-state index in [4.69, 9.17) is 4.52 Å². The molecule has 1 aromatic heterocycles. The second-order valence-corrected chi connectivity index (χ2v) is 5.79. The highest BCUT2D eigenvalue weighted by Crippen LogP contribution is 2.29. The lowest BCUT2D eigenvalue weighted by atomic mass is 9.98. The minimum atomic E-state index is -0.436. The molecule has 0 saturated heterocycles. The van der Waals surface area contributed by atoms with Gasteiger partial charge >= 0.3 is 0 Å². The molecule has 1 atom stereocenters. The van der Waals surface area contributed by atoms with Gasteiger partial charge in [-0.3, -0.25) is 0 Å². The van der Waals surface area contributed by atoms with E-state index in [9.17, 15) is 9.50 Å². The van der Waals surface area contributed by atoms with Crippen molar-refractivity contribution in [2.45, 2.75) is 45.1 Å². The van der Waals surface area contributed by atoms with E-state index < -0.39 is 6.10 Å². The predicted molar refractivity (Wildman–Crippen MR) is 76.1 cm³/mol. The van der Waals surface area contributed by atoms with Gasteiger partial charge in [0.2, 0.25) is 11.7 Å². The molecule has 21 heavy (non-hydrogen) atoms. The maximum Gasteiger partial charge on any atom is 0.229 e. The van der Waals surface area contributed by atoms with Gasteiger partial charge in [0, 0.05) is 5.56 Å². The lowest BCUT2D eigenvalue weighted by molar-refractivity contribution is 0.102. The van der Waals surface area contributed by atoms with E-state index in [1.807, 2.05) is 6.92 Å². The van der Waals surface area contributed by atoms with Crippen molar-refractivity contribution in [2.75, 3.05) is 0 Å². The Hall–Kier alpha value is -1.75. The van der Waals surface area contributed by atoms with Gasteiger partial charge in [-0.1, -0.05) is 24.1 Å². The molecule has 1 aliphatic carbocycles. The Kier molecular flexibility index (Phi) is 4.01. The third kappa shape index (κ3) is 3.13. The van der Waals surface area contributed by atoms with Crippen LogP contribution in [-0.2, 0) is 6.42 Å². The third-order valence-electron chi connectivity index (χ3n) is 4.24. The van der Waals surface area contributed by atoms with Crippen molar-refractivity contribution in [2.24, 2.45) is 5.92 Å². The SMILES string of the molecule is Cc1ccc(F)cc1-c1noc(CC(O)C2CCCC2)n1. The number of aryl methyl sites for hydroxylation is 1. The zero-order valence-corrected chi connectivity index (χ0v) is 12.1. The first-order valence-electron chi connectivity index (χ1n) is 7.40. The smallest absolute Gasteiger partial charge is 0.229 e. The predicted octanol–water partition coefficient (Wildman–Crippen LogP) is 3.28.